The maximum atomic E-state index is 12.4. The molecule has 3 aromatic rings. The van der Waals surface area contributed by atoms with Gasteiger partial charge in [0, 0.05) is 18.8 Å². The maximum absolute atomic E-state index is 12.4. The van der Waals surface area contributed by atoms with Gasteiger partial charge < -0.3 is 10.2 Å². The first-order valence-corrected chi connectivity index (χ1v) is 11.8. The van der Waals surface area contributed by atoms with Crippen molar-refractivity contribution in [3.63, 3.8) is 0 Å². The van der Waals surface area contributed by atoms with Gasteiger partial charge in [-0.15, -0.1) is 0 Å². The molecule has 29 heavy (non-hydrogen) atoms. The van der Waals surface area contributed by atoms with Crippen LogP contribution >= 0.6 is 23.1 Å². The van der Waals surface area contributed by atoms with Gasteiger partial charge in [0.25, 0.3) is 0 Å². The molecular weight excluding hydrogens is 402 g/mol. The Balaban J connectivity index is 1.45. The lowest BCUT2D eigenvalue weighted by Gasteiger charge is -2.18. The standard InChI is InChI=1S/C21H25N5OS2/c1-14-9-15(2)11-16(10-14)24-17(27)12-28-20-18-19(22-13-23-20)25-21(29-18)26-7-5-3-4-6-8-26/h9-11,13H,3-8,12H2,1-2H3,(H,24,27). The first-order valence-electron chi connectivity index (χ1n) is 9.96. The van der Waals surface area contributed by atoms with Crippen molar-refractivity contribution in [3.8, 4) is 0 Å². The zero-order chi connectivity index (χ0) is 20.2. The van der Waals surface area contributed by atoms with Crippen molar-refractivity contribution in [1.82, 2.24) is 15.0 Å². The van der Waals surface area contributed by atoms with Crippen LogP contribution in [0.5, 0.6) is 0 Å². The van der Waals surface area contributed by atoms with Gasteiger partial charge >= 0.3 is 0 Å². The molecule has 1 aliphatic rings. The number of hydrogen-bond donors (Lipinski definition) is 1. The van der Waals surface area contributed by atoms with Crippen molar-refractivity contribution in [2.45, 2.75) is 44.6 Å². The average molecular weight is 428 g/mol. The van der Waals surface area contributed by atoms with Crippen LogP contribution in [0, 0.1) is 13.8 Å². The summed E-state index contributed by atoms with van der Waals surface area (Å²) in [4.78, 5) is 28.3. The molecule has 1 aliphatic heterocycles. The molecule has 0 unspecified atom stereocenters. The van der Waals surface area contributed by atoms with Crippen molar-refractivity contribution in [2.75, 3.05) is 29.1 Å². The lowest BCUT2D eigenvalue weighted by Crippen LogP contribution is -2.23. The van der Waals surface area contributed by atoms with E-state index in [9.17, 15) is 4.79 Å². The van der Waals surface area contributed by atoms with E-state index in [4.69, 9.17) is 4.98 Å². The van der Waals surface area contributed by atoms with Gasteiger partial charge in [0.1, 0.15) is 16.1 Å². The maximum Gasteiger partial charge on any atom is 0.234 e. The monoisotopic (exact) mass is 427 g/mol. The van der Waals surface area contributed by atoms with Gasteiger partial charge in [-0.1, -0.05) is 42.0 Å². The van der Waals surface area contributed by atoms with Gasteiger partial charge in [-0.25, -0.2) is 9.97 Å². The number of carbonyl (C=O) groups excluding carboxylic acids is 1. The highest BCUT2D eigenvalue weighted by Crippen LogP contribution is 2.34. The number of aromatic nitrogens is 3. The molecule has 0 radical (unpaired) electrons. The Kier molecular flexibility index (Phi) is 6.30. The van der Waals surface area contributed by atoms with Gasteiger partial charge in [-0.2, -0.15) is 4.98 Å². The Bertz CT molecular complexity index is 991. The third-order valence-electron chi connectivity index (χ3n) is 4.87. The fourth-order valence-electron chi connectivity index (χ4n) is 3.60. The highest BCUT2D eigenvalue weighted by molar-refractivity contribution is 8.00. The quantitative estimate of drug-likeness (QED) is 0.465. The molecule has 4 rings (SSSR count). The molecule has 1 N–H and O–H groups in total. The lowest BCUT2D eigenvalue weighted by molar-refractivity contribution is -0.113. The van der Waals surface area contributed by atoms with Crippen molar-refractivity contribution < 1.29 is 4.79 Å². The summed E-state index contributed by atoms with van der Waals surface area (Å²) < 4.78 is 0.968. The number of nitrogens with one attached hydrogen (secondary N) is 1. The summed E-state index contributed by atoms with van der Waals surface area (Å²) in [6.45, 7) is 6.16. The largest absolute Gasteiger partial charge is 0.348 e. The second-order valence-corrected chi connectivity index (χ2v) is 9.38. The molecule has 1 fully saturated rings. The van der Waals surface area contributed by atoms with Crippen LogP contribution in [0.4, 0.5) is 10.8 Å². The fourth-order valence-corrected chi connectivity index (χ4v) is 5.54. The van der Waals surface area contributed by atoms with Crippen LogP contribution < -0.4 is 10.2 Å². The predicted octanol–water partition coefficient (Wildman–Crippen LogP) is 4.81. The van der Waals surface area contributed by atoms with E-state index in [2.05, 4.69) is 26.3 Å². The molecule has 3 heterocycles. The molecule has 8 heteroatoms. The van der Waals surface area contributed by atoms with Crippen molar-refractivity contribution >= 4 is 50.2 Å². The number of thiazole rings is 1. The summed E-state index contributed by atoms with van der Waals surface area (Å²) in [5.41, 5.74) is 3.83. The first-order chi connectivity index (χ1) is 14.1. The number of aryl methyl sites for hydroxylation is 2. The smallest absolute Gasteiger partial charge is 0.234 e. The number of anilines is 2. The molecule has 0 bridgehead atoms. The van der Waals surface area contributed by atoms with Crippen LogP contribution in [0.1, 0.15) is 36.8 Å². The van der Waals surface area contributed by atoms with Crippen LogP contribution in [-0.2, 0) is 4.79 Å². The third kappa shape index (κ3) is 5.05. The predicted molar refractivity (Wildman–Crippen MR) is 121 cm³/mol. The van der Waals surface area contributed by atoms with E-state index in [1.54, 1.807) is 17.7 Å². The summed E-state index contributed by atoms with van der Waals surface area (Å²) >= 11 is 3.08. The summed E-state index contributed by atoms with van der Waals surface area (Å²) in [6, 6.07) is 6.05. The Morgan fingerprint density at radius 2 is 1.83 bits per heavy atom. The summed E-state index contributed by atoms with van der Waals surface area (Å²) in [5.74, 6) is 0.264. The summed E-state index contributed by atoms with van der Waals surface area (Å²) in [7, 11) is 0. The van der Waals surface area contributed by atoms with E-state index in [0.29, 0.717) is 5.75 Å². The van der Waals surface area contributed by atoms with E-state index in [-0.39, 0.29) is 5.91 Å². The SMILES string of the molecule is Cc1cc(C)cc(NC(=O)CSc2ncnc3nc(N4CCCCCC4)sc23)c1. The molecule has 152 valence electrons. The molecule has 1 amide bonds. The zero-order valence-corrected chi connectivity index (χ0v) is 18.4. The number of carbonyl (C=O) groups is 1. The van der Waals surface area contributed by atoms with Crippen molar-refractivity contribution in [1.29, 1.82) is 0 Å². The number of amides is 1. The molecule has 1 aromatic carbocycles. The Morgan fingerprint density at radius 1 is 1.10 bits per heavy atom. The number of hydrogen-bond acceptors (Lipinski definition) is 7. The molecule has 6 nitrogen and oxygen atoms in total. The number of nitrogens with zero attached hydrogens (tertiary/aromatic N) is 4. The third-order valence-corrected chi connectivity index (χ3v) is 7.10. The highest BCUT2D eigenvalue weighted by atomic mass is 32.2. The molecule has 0 saturated carbocycles. The molecule has 0 atom stereocenters. The minimum absolute atomic E-state index is 0.0379. The first kappa shape index (κ1) is 20.1. The van der Waals surface area contributed by atoms with Crippen molar-refractivity contribution in [2.24, 2.45) is 0 Å². The van der Waals surface area contributed by atoms with E-state index in [0.717, 1.165) is 50.4 Å². The topological polar surface area (TPSA) is 71.0 Å². The second kappa shape index (κ2) is 9.09. The summed E-state index contributed by atoms with van der Waals surface area (Å²) in [6.07, 6.45) is 6.54. The van der Waals surface area contributed by atoms with Gasteiger partial charge in [0.2, 0.25) is 5.91 Å². The molecule has 2 aromatic heterocycles. The minimum Gasteiger partial charge on any atom is -0.348 e. The van der Waals surface area contributed by atoms with Gasteiger partial charge in [-0.3, -0.25) is 4.79 Å². The number of thioether (sulfide) groups is 1. The summed E-state index contributed by atoms with van der Waals surface area (Å²) in [5, 5.41) is 4.82. The highest BCUT2D eigenvalue weighted by Gasteiger charge is 2.18. The molecular formula is C21H25N5OS2. The molecule has 1 saturated heterocycles. The van der Waals surface area contributed by atoms with Gasteiger partial charge in [0.05, 0.1) is 5.75 Å². The van der Waals surface area contributed by atoms with E-state index in [1.165, 1.54) is 37.4 Å². The Hall–Kier alpha value is -2.19. The van der Waals surface area contributed by atoms with E-state index < -0.39 is 0 Å². The zero-order valence-electron chi connectivity index (χ0n) is 16.8. The molecule has 0 spiro atoms. The van der Waals surface area contributed by atoms with E-state index >= 15 is 0 Å². The minimum atomic E-state index is -0.0379. The number of fused-ring (bicyclic) bond motifs is 1. The van der Waals surface area contributed by atoms with Crippen LogP contribution in [0.15, 0.2) is 29.6 Å². The second-order valence-electron chi connectivity index (χ2n) is 7.44. The van der Waals surface area contributed by atoms with Crippen molar-refractivity contribution in [3.05, 3.63) is 35.7 Å². The Labute approximate surface area is 179 Å². The number of rotatable bonds is 5. The Morgan fingerprint density at radius 3 is 2.55 bits per heavy atom. The fraction of sp³-hybridized carbons (Fsp3) is 0.429. The van der Waals surface area contributed by atoms with Crippen LogP contribution in [0.3, 0.4) is 0 Å². The van der Waals surface area contributed by atoms with Crippen LogP contribution in [0.25, 0.3) is 10.3 Å². The normalized spacial score (nSPS) is 14.8. The van der Waals surface area contributed by atoms with Gasteiger partial charge in [0.15, 0.2) is 10.8 Å². The van der Waals surface area contributed by atoms with E-state index in [1.807, 2.05) is 26.0 Å². The van der Waals surface area contributed by atoms with Gasteiger partial charge in [-0.05, 0) is 49.9 Å². The number of benzene rings is 1. The van der Waals surface area contributed by atoms with Crippen LogP contribution in [-0.4, -0.2) is 39.7 Å². The molecule has 0 aliphatic carbocycles. The van der Waals surface area contributed by atoms with Crippen LogP contribution in [0.2, 0.25) is 0 Å². The average Bonchev–Trinajstić information content (AvgIpc) is 2.92. The lowest BCUT2D eigenvalue weighted by atomic mass is 10.1.